The first-order chi connectivity index (χ1) is 6.68. The van der Waals surface area contributed by atoms with E-state index in [-0.39, 0.29) is 5.54 Å². The lowest BCUT2D eigenvalue weighted by atomic mass is 10.1. The molecule has 0 bridgehead atoms. The van der Waals surface area contributed by atoms with E-state index in [2.05, 4.69) is 20.9 Å². The Kier molecular flexibility index (Phi) is 2.17. The number of nitrogen functional groups attached to an aromatic ring is 1. The average Bonchev–Trinajstić information content (AvgIpc) is 2.91. The van der Waals surface area contributed by atoms with Crippen molar-refractivity contribution in [3.05, 3.63) is 28.2 Å². The molecule has 0 spiro atoms. The maximum absolute atomic E-state index is 10.3. The molecular weight excluding hydrogens is 244 g/mol. The van der Waals surface area contributed by atoms with Gasteiger partial charge in [0.2, 0.25) is 6.08 Å². The Hall–Kier alpha value is -1.12. The molecular formula is C10H9BrN2O. The highest BCUT2D eigenvalue weighted by Gasteiger charge is 2.44. The third-order valence-electron chi connectivity index (χ3n) is 2.52. The molecule has 1 aliphatic carbocycles. The molecule has 72 valence electrons. The van der Waals surface area contributed by atoms with Crippen molar-refractivity contribution in [1.82, 2.24) is 0 Å². The smallest absolute Gasteiger partial charge is 0.235 e. The van der Waals surface area contributed by atoms with Crippen LogP contribution in [0.15, 0.2) is 27.7 Å². The number of benzene rings is 1. The Balaban J connectivity index is 2.42. The first kappa shape index (κ1) is 9.44. The highest BCUT2D eigenvalue weighted by molar-refractivity contribution is 9.10. The predicted molar refractivity (Wildman–Crippen MR) is 57.6 cm³/mol. The number of isocyanates is 1. The third-order valence-corrected chi connectivity index (χ3v) is 3.24. The fourth-order valence-electron chi connectivity index (χ4n) is 1.50. The fourth-order valence-corrected chi connectivity index (χ4v) is 1.75. The van der Waals surface area contributed by atoms with E-state index in [1.807, 2.05) is 18.2 Å². The second-order valence-corrected chi connectivity index (χ2v) is 4.33. The van der Waals surface area contributed by atoms with E-state index in [1.54, 1.807) is 6.08 Å². The second-order valence-electron chi connectivity index (χ2n) is 3.47. The van der Waals surface area contributed by atoms with Crippen molar-refractivity contribution in [2.45, 2.75) is 18.4 Å². The minimum atomic E-state index is -0.323. The van der Waals surface area contributed by atoms with Gasteiger partial charge in [-0.05, 0) is 46.5 Å². The van der Waals surface area contributed by atoms with Crippen LogP contribution in [0.4, 0.5) is 5.69 Å². The summed E-state index contributed by atoms with van der Waals surface area (Å²) in [6.45, 7) is 0. The number of rotatable bonds is 2. The van der Waals surface area contributed by atoms with Crippen LogP contribution in [0.3, 0.4) is 0 Å². The maximum Gasteiger partial charge on any atom is 0.235 e. The van der Waals surface area contributed by atoms with Crippen LogP contribution in [0.25, 0.3) is 0 Å². The predicted octanol–water partition coefficient (Wildman–Crippen LogP) is 2.36. The van der Waals surface area contributed by atoms with Gasteiger partial charge in [-0.1, -0.05) is 6.07 Å². The van der Waals surface area contributed by atoms with Crippen LogP contribution in [-0.4, -0.2) is 6.08 Å². The quantitative estimate of drug-likeness (QED) is 0.499. The van der Waals surface area contributed by atoms with Gasteiger partial charge in [0.15, 0.2) is 0 Å². The molecule has 1 saturated carbocycles. The van der Waals surface area contributed by atoms with Gasteiger partial charge in [-0.3, -0.25) is 0 Å². The van der Waals surface area contributed by atoms with E-state index in [0.29, 0.717) is 5.69 Å². The van der Waals surface area contributed by atoms with Gasteiger partial charge in [0, 0.05) is 10.2 Å². The largest absolute Gasteiger partial charge is 0.398 e. The first-order valence-corrected chi connectivity index (χ1v) is 5.12. The van der Waals surface area contributed by atoms with E-state index in [0.717, 1.165) is 22.9 Å². The summed E-state index contributed by atoms with van der Waals surface area (Å²) in [6.07, 6.45) is 3.44. The van der Waals surface area contributed by atoms with Crippen LogP contribution in [0, 0.1) is 0 Å². The maximum atomic E-state index is 10.3. The van der Waals surface area contributed by atoms with Gasteiger partial charge in [0.25, 0.3) is 0 Å². The molecule has 2 rings (SSSR count). The monoisotopic (exact) mass is 252 g/mol. The Bertz CT molecular complexity index is 420. The van der Waals surface area contributed by atoms with Crippen molar-refractivity contribution in [1.29, 1.82) is 0 Å². The number of aliphatic imine (C=N–C) groups is 1. The standard InChI is InChI=1S/C10H9BrN2O/c11-8-2-1-7(5-9(8)12)10(3-4-10)13-6-14/h1-2,5H,3-4,12H2. The summed E-state index contributed by atoms with van der Waals surface area (Å²) in [7, 11) is 0. The van der Waals surface area contributed by atoms with Crippen LogP contribution in [0.5, 0.6) is 0 Å². The van der Waals surface area contributed by atoms with Crippen LogP contribution in [0.1, 0.15) is 18.4 Å². The van der Waals surface area contributed by atoms with Crippen LogP contribution >= 0.6 is 15.9 Å². The number of nitrogens with two attached hydrogens (primary N) is 1. The van der Waals surface area contributed by atoms with Gasteiger partial charge in [0.05, 0.1) is 5.54 Å². The molecule has 3 nitrogen and oxygen atoms in total. The number of halogens is 1. The molecule has 0 amide bonds. The van der Waals surface area contributed by atoms with E-state index >= 15 is 0 Å². The second kappa shape index (κ2) is 3.23. The molecule has 4 heteroatoms. The molecule has 0 aromatic heterocycles. The SMILES string of the molecule is Nc1cc(C2(N=C=O)CC2)ccc1Br. The topological polar surface area (TPSA) is 55.4 Å². The molecule has 0 heterocycles. The molecule has 14 heavy (non-hydrogen) atoms. The minimum Gasteiger partial charge on any atom is -0.398 e. The number of carbonyl (C=O) groups excluding carboxylic acids is 1. The summed E-state index contributed by atoms with van der Waals surface area (Å²) in [5.74, 6) is 0. The molecule has 1 aliphatic rings. The summed E-state index contributed by atoms with van der Waals surface area (Å²) in [5.41, 5.74) is 7.11. The van der Waals surface area contributed by atoms with Gasteiger partial charge < -0.3 is 5.73 Å². The molecule has 0 unspecified atom stereocenters. The minimum absolute atomic E-state index is 0.323. The molecule has 1 aromatic rings. The molecule has 0 atom stereocenters. The normalized spacial score (nSPS) is 17.2. The molecule has 1 aromatic carbocycles. The van der Waals surface area contributed by atoms with Gasteiger partial charge in [-0.25, -0.2) is 4.79 Å². The van der Waals surface area contributed by atoms with Gasteiger partial charge >= 0.3 is 0 Å². The number of hydrogen-bond donors (Lipinski definition) is 1. The first-order valence-electron chi connectivity index (χ1n) is 4.32. The Morgan fingerprint density at radius 3 is 2.71 bits per heavy atom. The Morgan fingerprint density at radius 2 is 2.21 bits per heavy atom. The van der Waals surface area contributed by atoms with Crippen molar-refractivity contribution >= 4 is 27.7 Å². The van der Waals surface area contributed by atoms with Gasteiger partial charge in [0.1, 0.15) is 0 Å². The number of nitrogens with zero attached hydrogens (tertiary/aromatic N) is 1. The van der Waals surface area contributed by atoms with Gasteiger partial charge in [-0.15, -0.1) is 0 Å². The van der Waals surface area contributed by atoms with Crippen LogP contribution < -0.4 is 5.73 Å². The Morgan fingerprint density at radius 1 is 1.50 bits per heavy atom. The zero-order valence-corrected chi connectivity index (χ0v) is 9.04. The Labute approximate surface area is 90.1 Å². The number of anilines is 1. The van der Waals surface area contributed by atoms with E-state index in [9.17, 15) is 4.79 Å². The van der Waals surface area contributed by atoms with E-state index in [4.69, 9.17) is 5.73 Å². The van der Waals surface area contributed by atoms with Crippen molar-refractivity contribution in [3.63, 3.8) is 0 Å². The third kappa shape index (κ3) is 1.47. The highest BCUT2D eigenvalue weighted by atomic mass is 79.9. The summed E-state index contributed by atoms with van der Waals surface area (Å²) in [6, 6.07) is 5.68. The summed E-state index contributed by atoms with van der Waals surface area (Å²) in [4.78, 5) is 14.1. The summed E-state index contributed by atoms with van der Waals surface area (Å²) in [5, 5.41) is 0. The van der Waals surface area contributed by atoms with E-state index in [1.165, 1.54) is 0 Å². The lowest BCUT2D eigenvalue weighted by Crippen LogP contribution is -2.03. The fraction of sp³-hybridized carbons (Fsp3) is 0.300. The zero-order chi connectivity index (χ0) is 10.2. The molecule has 0 saturated heterocycles. The molecule has 0 aliphatic heterocycles. The van der Waals surface area contributed by atoms with Gasteiger partial charge in [-0.2, -0.15) is 4.99 Å². The number of hydrogen-bond acceptors (Lipinski definition) is 3. The summed E-state index contributed by atoms with van der Waals surface area (Å²) >= 11 is 3.32. The highest BCUT2D eigenvalue weighted by Crippen LogP contribution is 2.49. The summed E-state index contributed by atoms with van der Waals surface area (Å²) < 4.78 is 0.868. The van der Waals surface area contributed by atoms with Crippen LogP contribution in [0.2, 0.25) is 0 Å². The van der Waals surface area contributed by atoms with Crippen molar-refractivity contribution < 1.29 is 4.79 Å². The van der Waals surface area contributed by atoms with Crippen LogP contribution in [-0.2, 0) is 10.3 Å². The lowest BCUT2D eigenvalue weighted by molar-refractivity contribution is 0.556. The van der Waals surface area contributed by atoms with Crippen molar-refractivity contribution in [2.24, 2.45) is 4.99 Å². The zero-order valence-electron chi connectivity index (χ0n) is 7.46. The van der Waals surface area contributed by atoms with Crippen molar-refractivity contribution in [2.75, 3.05) is 5.73 Å². The average molecular weight is 253 g/mol. The molecule has 2 N–H and O–H groups in total. The lowest BCUT2D eigenvalue weighted by Gasteiger charge is -2.09. The molecule has 0 radical (unpaired) electrons. The van der Waals surface area contributed by atoms with Crippen molar-refractivity contribution in [3.8, 4) is 0 Å². The molecule has 1 fully saturated rings. The van der Waals surface area contributed by atoms with E-state index < -0.39 is 0 Å².